The van der Waals surface area contributed by atoms with E-state index in [9.17, 15) is 4.79 Å². The summed E-state index contributed by atoms with van der Waals surface area (Å²) in [6, 6.07) is 12.5. The summed E-state index contributed by atoms with van der Waals surface area (Å²) in [6.07, 6.45) is 9.13. The van der Waals surface area contributed by atoms with E-state index in [0.29, 0.717) is 25.0 Å². The molecule has 0 radical (unpaired) electrons. The molecule has 0 spiro atoms. The third-order valence-corrected chi connectivity index (χ3v) is 6.43. The highest BCUT2D eigenvalue weighted by Crippen LogP contribution is 2.25. The maximum atomic E-state index is 13.2. The SMILES string of the molecule is CC(C)CCNCC(=O)N(Cc1cccn1Cc1ccccc1Cl)C1CCCCC1. The van der Waals surface area contributed by atoms with Crippen molar-refractivity contribution in [2.75, 3.05) is 13.1 Å². The highest BCUT2D eigenvalue weighted by Gasteiger charge is 2.26. The summed E-state index contributed by atoms with van der Waals surface area (Å²) in [5.74, 6) is 0.867. The second kappa shape index (κ2) is 11.6. The maximum Gasteiger partial charge on any atom is 0.237 e. The van der Waals surface area contributed by atoms with Crippen molar-refractivity contribution in [3.8, 4) is 0 Å². The van der Waals surface area contributed by atoms with Gasteiger partial charge in [0.2, 0.25) is 5.91 Å². The molecular formula is C25H36ClN3O. The van der Waals surface area contributed by atoms with Crippen LogP contribution in [0.2, 0.25) is 5.02 Å². The van der Waals surface area contributed by atoms with Gasteiger partial charge in [-0.3, -0.25) is 4.79 Å². The molecule has 1 amide bonds. The van der Waals surface area contributed by atoms with E-state index in [2.05, 4.69) is 53.0 Å². The van der Waals surface area contributed by atoms with Gasteiger partial charge in [-0.05, 0) is 55.5 Å². The number of amides is 1. The molecule has 1 aromatic heterocycles. The molecule has 1 aliphatic rings. The minimum absolute atomic E-state index is 0.219. The van der Waals surface area contributed by atoms with E-state index in [1.165, 1.54) is 19.3 Å². The third kappa shape index (κ3) is 6.61. The summed E-state index contributed by atoms with van der Waals surface area (Å²) >= 11 is 6.38. The van der Waals surface area contributed by atoms with Gasteiger partial charge in [-0.25, -0.2) is 0 Å². The molecule has 30 heavy (non-hydrogen) atoms. The summed E-state index contributed by atoms with van der Waals surface area (Å²) in [5, 5.41) is 4.15. The van der Waals surface area contributed by atoms with E-state index in [0.717, 1.165) is 48.6 Å². The van der Waals surface area contributed by atoms with Crippen molar-refractivity contribution in [3.63, 3.8) is 0 Å². The number of carbonyl (C=O) groups is 1. The predicted molar refractivity (Wildman–Crippen MR) is 125 cm³/mol. The van der Waals surface area contributed by atoms with Crippen molar-refractivity contribution in [2.24, 2.45) is 5.92 Å². The van der Waals surface area contributed by atoms with Gasteiger partial charge in [0, 0.05) is 29.5 Å². The van der Waals surface area contributed by atoms with E-state index in [1.54, 1.807) is 0 Å². The molecule has 2 aromatic rings. The van der Waals surface area contributed by atoms with E-state index >= 15 is 0 Å². The minimum atomic E-state index is 0.219. The van der Waals surface area contributed by atoms with Crippen molar-refractivity contribution in [1.29, 1.82) is 0 Å². The van der Waals surface area contributed by atoms with Gasteiger partial charge in [0.25, 0.3) is 0 Å². The minimum Gasteiger partial charge on any atom is -0.345 e. The third-order valence-electron chi connectivity index (χ3n) is 6.06. The Bertz CT molecular complexity index is 795. The average molecular weight is 430 g/mol. The molecule has 1 aliphatic carbocycles. The fraction of sp³-hybridized carbons (Fsp3) is 0.560. The number of hydrogen-bond donors (Lipinski definition) is 1. The molecule has 1 aromatic carbocycles. The molecule has 0 saturated heterocycles. The molecule has 0 aliphatic heterocycles. The maximum absolute atomic E-state index is 13.2. The Kier molecular flexibility index (Phi) is 8.83. The summed E-state index contributed by atoms with van der Waals surface area (Å²) in [4.78, 5) is 15.3. The van der Waals surface area contributed by atoms with Crippen molar-refractivity contribution >= 4 is 17.5 Å². The summed E-state index contributed by atoms with van der Waals surface area (Å²) < 4.78 is 2.22. The summed E-state index contributed by atoms with van der Waals surface area (Å²) in [6.45, 7) is 7.13. The van der Waals surface area contributed by atoms with Crippen LogP contribution < -0.4 is 5.32 Å². The zero-order valence-corrected chi connectivity index (χ0v) is 19.2. The van der Waals surface area contributed by atoms with E-state index in [1.807, 2.05) is 18.2 Å². The Morgan fingerprint density at radius 1 is 1.17 bits per heavy atom. The van der Waals surface area contributed by atoms with Gasteiger partial charge in [-0.2, -0.15) is 0 Å². The van der Waals surface area contributed by atoms with Crippen molar-refractivity contribution in [2.45, 2.75) is 71.5 Å². The molecule has 0 atom stereocenters. The molecule has 1 N–H and O–H groups in total. The number of benzene rings is 1. The van der Waals surface area contributed by atoms with Gasteiger partial charge in [-0.15, -0.1) is 0 Å². The molecule has 1 heterocycles. The van der Waals surface area contributed by atoms with Gasteiger partial charge in [0.15, 0.2) is 0 Å². The second-order valence-electron chi connectivity index (χ2n) is 8.89. The van der Waals surface area contributed by atoms with Crippen LogP contribution in [0.1, 0.15) is 63.6 Å². The predicted octanol–water partition coefficient (Wildman–Crippen LogP) is 5.49. The summed E-state index contributed by atoms with van der Waals surface area (Å²) in [7, 11) is 0. The van der Waals surface area contributed by atoms with Crippen molar-refractivity contribution in [1.82, 2.24) is 14.8 Å². The standard InChI is InChI=1S/C25H36ClN3O/c1-20(2)14-15-27-17-25(30)29(22-10-4-3-5-11-22)19-23-12-8-16-28(23)18-21-9-6-7-13-24(21)26/h6-9,12-13,16,20,22,27H,3-5,10-11,14-15,17-19H2,1-2H3. The van der Waals surface area contributed by atoms with Gasteiger partial charge < -0.3 is 14.8 Å². The van der Waals surface area contributed by atoms with E-state index in [-0.39, 0.29) is 5.91 Å². The van der Waals surface area contributed by atoms with Crippen LogP contribution in [0.4, 0.5) is 0 Å². The first-order valence-electron chi connectivity index (χ1n) is 11.4. The summed E-state index contributed by atoms with van der Waals surface area (Å²) in [5.41, 5.74) is 2.26. The zero-order chi connectivity index (χ0) is 21.3. The lowest BCUT2D eigenvalue weighted by atomic mass is 9.94. The van der Waals surface area contributed by atoms with Crippen LogP contribution in [0.5, 0.6) is 0 Å². The van der Waals surface area contributed by atoms with Crippen LogP contribution in [0.15, 0.2) is 42.6 Å². The van der Waals surface area contributed by atoms with Gasteiger partial charge in [0.05, 0.1) is 13.1 Å². The topological polar surface area (TPSA) is 37.3 Å². The first-order valence-corrected chi connectivity index (χ1v) is 11.8. The molecule has 3 rings (SSSR count). The molecule has 1 fully saturated rings. The second-order valence-corrected chi connectivity index (χ2v) is 9.30. The number of aromatic nitrogens is 1. The van der Waals surface area contributed by atoms with E-state index < -0.39 is 0 Å². The first kappa shape index (κ1) is 22.9. The molecule has 164 valence electrons. The fourth-order valence-corrected chi connectivity index (χ4v) is 4.43. The van der Waals surface area contributed by atoms with Crippen LogP contribution >= 0.6 is 11.6 Å². The zero-order valence-electron chi connectivity index (χ0n) is 18.4. The van der Waals surface area contributed by atoms with Gasteiger partial charge in [0.1, 0.15) is 0 Å². The molecule has 4 nitrogen and oxygen atoms in total. The van der Waals surface area contributed by atoms with Gasteiger partial charge >= 0.3 is 0 Å². The monoisotopic (exact) mass is 429 g/mol. The first-order chi connectivity index (χ1) is 14.5. The lowest BCUT2D eigenvalue weighted by Crippen LogP contribution is -2.45. The number of carbonyl (C=O) groups excluding carboxylic acids is 1. The van der Waals surface area contributed by atoms with Gasteiger partial charge in [-0.1, -0.05) is 62.9 Å². The number of halogens is 1. The van der Waals surface area contributed by atoms with Crippen molar-refractivity contribution in [3.05, 3.63) is 58.9 Å². The number of rotatable bonds is 10. The molecule has 0 bridgehead atoms. The highest BCUT2D eigenvalue weighted by molar-refractivity contribution is 6.31. The Morgan fingerprint density at radius 3 is 2.67 bits per heavy atom. The number of nitrogens with one attached hydrogen (secondary N) is 1. The van der Waals surface area contributed by atoms with Crippen LogP contribution in [0, 0.1) is 5.92 Å². The molecule has 1 saturated carbocycles. The van der Waals surface area contributed by atoms with Crippen LogP contribution in [-0.2, 0) is 17.9 Å². The van der Waals surface area contributed by atoms with Crippen LogP contribution in [0.25, 0.3) is 0 Å². The quantitative estimate of drug-likeness (QED) is 0.507. The normalized spacial score (nSPS) is 14.9. The molecule has 0 unspecified atom stereocenters. The highest BCUT2D eigenvalue weighted by atomic mass is 35.5. The Balaban J connectivity index is 1.69. The van der Waals surface area contributed by atoms with E-state index in [4.69, 9.17) is 11.6 Å². The Morgan fingerprint density at radius 2 is 1.93 bits per heavy atom. The van der Waals surface area contributed by atoms with Crippen molar-refractivity contribution < 1.29 is 4.79 Å². The lowest BCUT2D eigenvalue weighted by molar-refractivity contribution is -0.134. The Labute approximate surface area is 186 Å². The Hall–Kier alpha value is -1.78. The van der Waals surface area contributed by atoms with Crippen LogP contribution in [0.3, 0.4) is 0 Å². The smallest absolute Gasteiger partial charge is 0.237 e. The average Bonchev–Trinajstić information content (AvgIpc) is 3.18. The fourth-order valence-electron chi connectivity index (χ4n) is 4.23. The molecule has 5 heteroatoms. The lowest BCUT2D eigenvalue weighted by Gasteiger charge is -2.35. The van der Waals surface area contributed by atoms with Crippen LogP contribution in [-0.4, -0.2) is 34.5 Å². The molecular weight excluding hydrogens is 394 g/mol. The number of nitrogens with zero attached hydrogens (tertiary/aromatic N) is 2. The number of hydrogen-bond acceptors (Lipinski definition) is 2. The largest absolute Gasteiger partial charge is 0.345 e.